The number of hydrogen-bond donors (Lipinski definition) is 2. The number of aromatic hydroxyl groups is 1. The molecule has 106 valence electrons. The van der Waals surface area contributed by atoms with Gasteiger partial charge < -0.3 is 15.2 Å². The van der Waals surface area contributed by atoms with E-state index < -0.39 is 0 Å². The van der Waals surface area contributed by atoms with Crippen molar-refractivity contribution in [1.29, 1.82) is 0 Å². The first kappa shape index (κ1) is 14.5. The molecule has 1 fully saturated rings. The molecule has 2 rings (SSSR count). The van der Waals surface area contributed by atoms with E-state index in [0.717, 1.165) is 29.3 Å². The van der Waals surface area contributed by atoms with Crippen LogP contribution in [0.25, 0.3) is 0 Å². The number of hydrogen-bond acceptors (Lipinski definition) is 4. The fourth-order valence-corrected chi connectivity index (χ4v) is 3.21. The van der Waals surface area contributed by atoms with Crippen LogP contribution in [0, 0.1) is 6.92 Å². The average molecular weight is 281 g/mol. The Kier molecular flexibility index (Phi) is 5.40. The highest BCUT2D eigenvalue weighted by Gasteiger charge is 2.20. The predicted molar refractivity (Wildman–Crippen MR) is 82.0 cm³/mol. The van der Waals surface area contributed by atoms with Crippen molar-refractivity contribution in [3.63, 3.8) is 0 Å². The first-order valence-electron chi connectivity index (χ1n) is 6.87. The van der Waals surface area contributed by atoms with Gasteiger partial charge in [-0.15, -0.1) is 0 Å². The Labute approximate surface area is 119 Å². The van der Waals surface area contributed by atoms with Gasteiger partial charge in [-0.05, 0) is 56.6 Å². The second-order valence-corrected chi connectivity index (χ2v) is 6.28. The maximum Gasteiger partial charge on any atom is 0.138 e. The van der Waals surface area contributed by atoms with Gasteiger partial charge in [-0.1, -0.05) is 6.07 Å². The Bertz CT molecular complexity index is 403. The molecule has 0 bridgehead atoms. The molecule has 1 aliphatic rings. The fourth-order valence-electron chi connectivity index (χ4n) is 2.46. The van der Waals surface area contributed by atoms with Gasteiger partial charge in [0.15, 0.2) is 0 Å². The zero-order chi connectivity index (χ0) is 13.7. The molecule has 0 unspecified atom stereocenters. The summed E-state index contributed by atoms with van der Waals surface area (Å²) in [6.07, 6.45) is 7.35. The summed E-state index contributed by atoms with van der Waals surface area (Å²) in [6.45, 7) is 2.47. The van der Waals surface area contributed by atoms with E-state index in [1.54, 1.807) is 6.07 Å². The van der Waals surface area contributed by atoms with Gasteiger partial charge >= 0.3 is 0 Å². The standard InChI is InChI=1S/C15H23NO2S/c1-11-3-8-15(17)14(9-11)16-10-18-12-4-6-13(19-2)7-5-12/h3,8-9,12-13,16-17H,4-7,10H2,1-2H3. The summed E-state index contributed by atoms with van der Waals surface area (Å²) < 4.78 is 5.84. The Morgan fingerprint density at radius 2 is 2.05 bits per heavy atom. The number of thioether (sulfide) groups is 1. The Morgan fingerprint density at radius 3 is 2.74 bits per heavy atom. The van der Waals surface area contributed by atoms with Crippen LogP contribution < -0.4 is 5.32 Å². The van der Waals surface area contributed by atoms with Gasteiger partial charge in [0.25, 0.3) is 0 Å². The first-order valence-corrected chi connectivity index (χ1v) is 8.15. The summed E-state index contributed by atoms with van der Waals surface area (Å²) in [6, 6.07) is 5.54. The summed E-state index contributed by atoms with van der Waals surface area (Å²) >= 11 is 1.97. The third-order valence-electron chi connectivity index (χ3n) is 3.69. The Balaban J connectivity index is 1.73. The molecule has 0 saturated heterocycles. The minimum absolute atomic E-state index is 0.278. The third-order valence-corrected chi connectivity index (χ3v) is 4.83. The van der Waals surface area contributed by atoms with E-state index in [9.17, 15) is 5.11 Å². The number of phenolic OH excluding ortho intramolecular Hbond substituents is 1. The molecule has 3 nitrogen and oxygen atoms in total. The van der Waals surface area contributed by atoms with Gasteiger partial charge in [0.05, 0.1) is 11.8 Å². The molecule has 0 atom stereocenters. The lowest BCUT2D eigenvalue weighted by molar-refractivity contribution is 0.0411. The van der Waals surface area contributed by atoms with Gasteiger partial charge in [-0.2, -0.15) is 11.8 Å². The quantitative estimate of drug-likeness (QED) is 0.637. The van der Waals surface area contributed by atoms with Crippen molar-refractivity contribution in [2.24, 2.45) is 0 Å². The van der Waals surface area contributed by atoms with Crippen LogP contribution in [-0.2, 0) is 4.74 Å². The molecule has 1 aromatic carbocycles. The molecular formula is C15H23NO2S. The maximum absolute atomic E-state index is 9.72. The Hall–Kier alpha value is -0.870. The monoisotopic (exact) mass is 281 g/mol. The van der Waals surface area contributed by atoms with Crippen LogP contribution in [0.2, 0.25) is 0 Å². The topological polar surface area (TPSA) is 41.5 Å². The van der Waals surface area contributed by atoms with E-state index in [-0.39, 0.29) is 5.75 Å². The van der Waals surface area contributed by atoms with E-state index in [2.05, 4.69) is 11.6 Å². The van der Waals surface area contributed by atoms with E-state index in [1.165, 1.54) is 12.8 Å². The van der Waals surface area contributed by atoms with Crippen LogP contribution in [0.4, 0.5) is 5.69 Å². The number of nitrogens with one attached hydrogen (secondary N) is 1. The lowest BCUT2D eigenvalue weighted by Crippen LogP contribution is -2.25. The van der Waals surface area contributed by atoms with Gasteiger partial charge in [0.2, 0.25) is 0 Å². The first-order chi connectivity index (χ1) is 9.19. The highest BCUT2D eigenvalue weighted by atomic mass is 32.2. The molecule has 1 saturated carbocycles. The van der Waals surface area contributed by atoms with Crippen LogP contribution in [0.15, 0.2) is 18.2 Å². The van der Waals surface area contributed by atoms with Crippen molar-refractivity contribution >= 4 is 17.4 Å². The van der Waals surface area contributed by atoms with E-state index in [4.69, 9.17) is 4.74 Å². The van der Waals surface area contributed by atoms with Crippen molar-refractivity contribution in [1.82, 2.24) is 0 Å². The maximum atomic E-state index is 9.72. The van der Waals surface area contributed by atoms with Crippen molar-refractivity contribution in [3.05, 3.63) is 23.8 Å². The molecule has 1 aliphatic carbocycles. The van der Waals surface area contributed by atoms with Crippen molar-refractivity contribution in [2.75, 3.05) is 18.3 Å². The molecule has 0 aromatic heterocycles. The molecule has 0 aliphatic heterocycles. The minimum Gasteiger partial charge on any atom is -0.506 e. The largest absolute Gasteiger partial charge is 0.506 e. The summed E-state index contributed by atoms with van der Waals surface area (Å²) in [7, 11) is 0. The number of aryl methyl sites for hydroxylation is 1. The van der Waals surface area contributed by atoms with E-state index >= 15 is 0 Å². The lowest BCUT2D eigenvalue weighted by atomic mass is 9.97. The lowest BCUT2D eigenvalue weighted by Gasteiger charge is -2.27. The summed E-state index contributed by atoms with van der Waals surface area (Å²) in [5.74, 6) is 0.278. The number of anilines is 1. The van der Waals surface area contributed by atoms with Crippen molar-refractivity contribution < 1.29 is 9.84 Å². The number of benzene rings is 1. The molecule has 0 spiro atoms. The van der Waals surface area contributed by atoms with Crippen LogP contribution in [-0.4, -0.2) is 29.4 Å². The number of ether oxygens (including phenoxy) is 1. The minimum atomic E-state index is 0.278. The van der Waals surface area contributed by atoms with Crippen molar-refractivity contribution in [2.45, 2.75) is 44.0 Å². The smallest absolute Gasteiger partial charge is 0.138 e. The number of rotatable bonds is 5. The molecule has 1 aromatic rings. The van der Waals surface area contributed by atoms with Gasteiger partial charge in [-0.25, -0.2) is 0 Å². The summed E-state index contributed by atoms with van der Waals surface area (Å²) in [4.78, 5) is 0. The highest BCUT2D eigenvalue weighted by molar-refractivity contribution is 7.99. The molecule has 0 heterocycles. The van der Waals surface area contributed by atoms with Crippen molar-refractivity contribution in [3.8, 4) is 5.75 Å². The zero-order valence-corrected chi connectivity index (χ0v) is 12.5. The Morgan fingerprint density at radius 1 is 1.32 bits per heavy atom. The molecule has 0 radical (unpaired) electrons. The van der Waals surface area contributed by atoms with E-state index in [0.29, 0.717) is 12.8 Å². The summed E-state index contributed by atoms with van der Waals surface area (Å²) in [5.41, 5.74) is 1.87. The third kappa shape index (κ3) is 4.32. The van der Waals surface area contributed by atoms with Crippen LogP contribution in [0.5, 0.6) is 5.75 Å². The second-order valence-electron chi connectivity index (χ2n) is 5.14. The normalized spacial score (nSPS) is 23.3. The molecule has 4 heteroatoms. The van der Waals surface area contributed by atoms with Crippen LogP contribution in [0.1, 0.15) is 31.2 Å². The predicted octanol–water partition coefficient (Wildman–Crippen LogP) is 3.76. The summed E-state index contributed by atoms with van der Waals surface area (Å²) in [5, 5.41) is 13.7. The molecule has 2 N–H and O–H groups in total. The average Bonchev–Trinajstić information content (AvgIpc) is 2.43. The second kappa shape index (κ2) is 7.06. The van der Waals surface area contributed by atoms with Gasteiger partial charge in [-0.3, -0.25) is 0 Å². The zero-order valence-electron chi connectivity index (χ0n) is 11.7. The van der Waals surface area contributed by atoms with Gasteiger partial charge in [0, 0.05) is 5.25 Å². The molecule has 19 heavy (non-hydrogen) atoms. The van der Waals surface area contributed by atoms with Gasteiger partial charge in [0.1, 0.15) is 12.5 Å². The fraction of sp³-hybridized carbons (Fsp3) is 0.600. The van der Waals surface area contributed by atoms with E-state index in [1.807, 2.05) is 30.8 Å². The van der Waals surface area contributed by atoms with Crippen LogP contribution >= 0.6 is 11.8 Å². The number of phenols is 1. The molecular weight excluding hydrogens is 258 g/mol. The van der Waals surface area contributed by atoms with Crippen LogP contribution in [0.3, 0.4) is 0 Å². The molecule has 0 amide bonds. The SMILES string of the molecule is CSC1CCC(OCNc2cc(C)ccc2O)CC1. The highest BCUT2D eigenvalue weighted by Crippen LogP contribution is 2.29.